The molecular formula is C13H16N4. The van der Waals surface area contributed by atoms with Crippen molar-refractivity contribution in [1.29, 1.82) is 5.26 Å². The topological polar surface area (TPSA) is 61.6 Å². The van der Waals surface area contributed by atoms with Crippen LogP contribution in [0.15, 0.2) is 0 Å². The second-order valence-electron chi connectivity index (χ2n) is 4.88. The van der Waals surface area contributed by atoms with Crippen LogP contribution in [-0.2, 0) is 13.0 Å². The van der Waals surface area contributed by atoms with Gasteiger partial charge in [0.25, 0.3) is 0 Å². The van der Waals surface area contributed by atoms with Crippen LogP contribution in [0.1, 0.15) is 54.4 Å². The van der Waals surface area contributed by atoms with Gasteiger partial charge in [-0.15, -0.1) is 0 Å². The van der Waals surface area contributed by atoms with E-state index in [1.54, 1.807) is 0 Å². The third-order valence-electron chi connectivity index (χ3n) is 3.78. The first-order valence-electron chi connectivity index (χ1n) is 6.39. The minimum atomic E-state index is 0.488. The quantitative estimate of drug-likeness (QED) is 0.794. The normalized spacial score (nSPS) is 19.9. The van der Waals surface area contributed by atoms with Crippen molar-refractivity contribution in [3.63, 3.8) is 0 Å². The molecule has 0 atom stereocenters. The van der Waals surface area contributed by atoms with Gasteiger partial charge in [-0.25, -0.2) is 9.97 Å². The Morgan fingerprint density at radius 1 is 1.24 bits per heavy atom. The molecule has 1 aliphatic carbocycles. The van der Waals surface area contributed by atoms with Crippen molar-refractivity contribution in [2.24, 2.45) is 0 Å². The van der Waals surface area contributed by atoms with Crippen LogP contribution in [0.25, 0.3) is 0 Å². The number of nitrogens with zero attached hydrogens (tertiary/aromatic N) is 3. The Morgan fingerprint density at radius 2 is 2.06 bits per heavy atom. The predicted molar refractivity (Wildman–Crippen MR) is 63.4 cm³/mol. The number of fused-ring (bicyclic) bond motifs is 1. The fourth-order valence-electron chi connectivity index (χ4n) is 2.82. The Hall–Kier alpha value is -1.47. The van der Waals surface area contributed by atoms with E-state index in [1.165, 1.54) is 25.7 Å². The van der Waals surface area contributed by atoms with E-state index in [0.29, 0.717) is 11.6 Å². The third-order valence-corrected chi connectivity index (χ3v) is 3.78. The van der Waals surface area contributed by atoms with E-state index in [9.17, 15) is 5.26 Å². The standard InChI is InChI=1S/C13H16N4/c14-7-12-10-8-15-6-5-11(10)16-13(17-12)9-3-1-2-4-9/h9,15H,1-6,8H2. The minimum Gasteiger partial charge on any atom is -0.312 e. The number of aromatic nitrogens is 2. The molecule has 0 unspecified atom stereocenters. The number of hydrogen-bond donors (Lipinski definition) is 1. The van der Waals surface area contributed by atoms with Crippen molar-refractivity contribution in [3.05, 3.63) is 22.8 Å². The summed E-state index contributed by atoms with van der Waals surface area (Å²) < 4.78 is 0. The van der Waals surface area contributed by atoms with Crippen LogP contribution in [0.4, 0.5) is 0 Å². The molecule has 1 aromatic heterocycles. The van der Waals surface area contributed by atoms with Crippen LogP contribution in [0.2, 0.25) is 0 Å². The summed E-state index contributed by atoms with van der Waals surface area (Å²) in [7, 11) is 0. The zero-order valence-corrected chi connectivity index (χ0v) is 9.87. The lowest BCUT2D eigenvalue weighted by Crippen LogP contribution is -2.27. The van der Waals surface area contributed by atoms with E-state index >= 15 is 0 Å². The number of rotatable bonds is 1. The molecule has 0 radical (unpaired) electrons. The molecule has 0 saturated heterocycles. The maximum Gasteiger partial charge on any atom is 0.148 e. The Kier molecular flexibility index (Phi) is 2.77. The van der Waals surface area contributed by atoms with E-state index < -0.39 is 0 Å². The van der Waals surface area contributed by atoms with Gasteiger partial charge in [0, 0.05) is 31.0 Å². The summed E-state index contributed by atoms with van der Waals surface area (Å²) in [5.74, 6) is 1.40. The molecule has 1 aromatic rings. The lowest BCUT2D eigenvalue weighted by atomic mass is 10.0. The number of nitriles is 1. The summed E-state index contributed by atoms with van der Waals surface area (Å²) in [5.41, 5.74) is 2.70. The molecule has 0 amide bonds. The van der Waals surface area contributed by atoms with Crippen LogP contribution in [0, 0.1) is 11.3 Å². The first-order chi connectivity index (χ1) is 8.38. The van der Waals surface area contributed by atoms with Crippen molar-refractivity contribution >= 4 is 0 Å². The SMILES string of the molecule is N#Cc1nc(C2CCCC2)nc2c1CNCC2. The summed E-state index contributed by atoms with van der Waals surface area (Å²) in [6.07, 6.45) is 5.83. The summed E-state index contributed by atoms with van der Waals surface area (Å²) in [6, 6.07) is 2.23. The van der Waals surface area contributed by atoms with Crippen LogP contribution in [-0.4, -0.2) is 16.5 Å². The molecular weight excluding hydrogens is 212 g/mol. The predicted octanol–water partition coefficient (Wildman–Crippen LogP) is 1.65. The summed E-state index contributed by atoms with van der Waals surface area (Å²) in [4.78, 5) is 9.18. The van der Waals surface area contributed by atoms with Crippen LogP contribution in [0.3, 0.4) is 0 Å². The highest BCUT2D eigenvalue weighted by atomic mass is 15.0. The highest BCUT2D eigenvalue weighted by Crippen LogP contribution is 2.33. The van der Waals surface area contributed by atoms with Gasteiger partial charge in [-0.2, -0.15) is 5.26 Å². The molecule has 4 heteroatoms. The van der Waals surface area contributed by atoms with Gasteiger partial charge < -0.3 is 5.32 Å². The molecule has 2 heterocycles. The summed E-state index contributed by atoms with van der Waals surface area (Å²) in [6.45, 7) is 1.70. The lowest BCUT2D eigenvalue weighted by molar-refractivity contribution is 0.597. The largest absolute Gasteiger partial charge is 0.312 e. The van der Waals surface area contributed by atoms with Gasteiger partial charge in [0.15, 0.2) is 0 Å². The molecule has 0 spiro atoms. The van der Waals surface area contributed by atoms with Gasteiger partial charge in [0.05, 0.1) is 5.69 Å². The third kappa shape index (κ3) is 1.91. The molecule has 1 aliphatic heterocycles. The zero-order valence-electron chi connectivity index (χ0n) is 9.87. The van der Waals surface area contributed by atoms with E-state index in [2.05, 4.69) is 16.4 Å². The molecule has 2 aliphatic rings. The van der Waals surface area contributed by atoms with E-state index in [4.69, 9.17) is 4.98 Å². The van der Waals surface area contributed by atoms with E-state index in [-0.39, 0.29) is 0 Å². The fourth-order valence-corrected chi connectivity index (χ4v) is 2.82. The lowest BCUT2D eigenvalue weighted by Gasteiger charge is -2.19. The molecule has 4 nitrogen and oxygen atoms in total. The number of nitrogens with one attached hydrogen (secondary N) is 1. The van der Waals surface area contributed by atoms with Gasteiger partial charge in [-0.3, -0.25) is 0 Å². The minimum absolute atomic E-state index is 0.488. The molecule has 17 heavy (non-hydrogen) atoms. The maximum absolute atomic E-state index is 9.19. The summed E-state index contributed by atoms with van der Waals surface area (Å²) in [5, 5.41) is 12.5. The Balaban J connectivity index is 2.03. The van der Waals surface area contributed by atoms with Crippen molar-refractivity contribution < 1.29 is 0 Å². The van der Waals surface area contributed by atoms with Gasteiger partial charge in [-0.1, -0.05) is 12.8 Å². The molecule has 0 bridgehead atoms. The van der Waals surface area contributed by atoms with Gasteiger partial charge in [-0.05, 0) is 12.8 Å². The van der Waals surface area contributed by atoms with Crippen molar-refractivity contribution in [2.75, 3.05) is 6.54 Å². The monoisotopic (exact) mass is 228 g/mol. The van der Waals surface area contributed by atoms with Crippen molar-refractivity contribution in [3.8, 4) is 6.07 Å². The second-order valence-corrected chi connectivity index (χ2v) is 4.88. The Morgan fingerprint density at radius 3 is 2.82 bits per heavy atom. The van der Waals surface area contributed by atoms with Gasteiger partial charge >= 0.3 is 0 Å². The second kappa shape index (κ2) is 4.42. The average molecular weight is 228 g/mol. The molecule has 88 valence electrons. The molecule has 1 N–H and O–H groups in total. The first-order valence-corrected chi connectivity index (χ1v) is 6.39. The van der Waals surface area contributed by atoms with Crippen LogP contribution in [0.5, 0.6) is 0 Å². The Labute approximate surface area is 101 Å². The highest BCUT2D eigenvalue weighted by Gasteiger charge is 2.24. The average Bonchev–Trinajstić information content (AvgIpc) is 2.91. The molecule has 1 saturated carbocycles. The zero-order chi connectivity index (χ0) is 11.7. The van der Waals surface area contributed by atoms with Gasteiger partial charge in [0.2, 0.25) is 0 Å². The highest BCUT2D eigenvalue weighted by molar-refractivity contribution is 5.36. The fraction of sp³-hybridized carbons (Fsp3) is 0.615. The molecule has 0 aromatic carbocycles. The van der Waals surface area contributed by atoms with Crippen molar-refractivity contribution in [1.82, 2.24) is 15.3 Å². The first kappa shape index (κ1) is 10.7. The van der Waals surface area contributed by atoms with Gasteiger partial charge in [0.1, 0.15) is 17.6 Å². The molecule has 1 fully saturated rings. The number of hydrogen-bond acceptors (Lipinski definition) is 4. The summed E-state index contributed by atoms with van der Waals surface area (Å²) >= 11 is 0. The van der Waals surface area contributed by atoms with E-state index in [1.807, 2.05) is 0 Å². The maximum atomic E-state index is 9.19. The van der Waals surface area contributed by atoms with Crippen LogP contribution < -0.4 is 5.32 Å². The molecule has 3 rings (SSSR count). The van der Waals surface area contributed by atoms with E-state index in [0.717, 1.165) is 36.6 Å². The smallest absolute Gasteiger partial charge is 0.148 e. The van der Waals surface area contributed by atoms with Crippen molar-refractivity contribution in [2.45, 2.75) is 44.6 Å². The Bertz CT molecular complexity index is 469. The van der Waals surface area contributed by atoms with Crippen LogP contribution >= 0.6 is 0 Å².